The molecule has 1 aromatic heterocycles. The van der Waals surface area contributed by atoms with Crippen LogP contribution >= 0.6 is 23.6 Å². The van der Waals surface area contributed by atoms with Crippen LogP contribution in [-0.4, -0.2) is 28.5 Å². The Labute approximate surface area is 93.9 Å². The lowest BCUT2D eigenvalue weighted by atomic mass is 10.3. The second kappa shape index (κ2) is 5.38. The van der Waals surface area contributed by atoms with E-state index in [4.69, 9.17) is 18.0 Å². The Balaban J connectivity index is 2.37. The summed E-state index contributed by atoms with van der Waals surface area (Å²) in [7, 11) is 2.07. The lowest BCUT2D eigenvalue weighted by Gasteiger charge is -2.14. The van der Waals surface area contributed by atoms with Crippen molar-refractivity contribution in [1.29, 1.82) is 0 Å². The number of hydrogen-bond acceptors (Lipinski definition) is 4. The third kappa shape index (κ3) is 3.69. The van der Waals surface area contributed by atoms with Crippen molar-refractivity contribution in [3.63, 3.8) is 0 Å². The van der Waals surface area contributed by atoms with Gasteiger partial charge in [-0.15, -0.1) is 11.3 Å². The molecule has 0 aromatic carbocycles. The third-order valence-corrected chi connectivity index (χ3v) is 3.12. The molecule has 0 aliphatic rings. The van der Waals surface area contributed by atoms with Crippen LogP contribution in [0.5, 0.6) is 0 Å². The Bertz CT molecular complexity index is 309. The molecule has 2 N–H and O–H groups in total. The first kappa shape index (κ1) is 11.6. The topological polar surface area (TPSA) is 42.2 Å². The van der Waals surface area contributed by atoms with Crippen LogP contribution in [0.2, 0.25) is 0 Å². The molecule has 14 heavy (non-hydrogen) atoms. The molecular formula is C9H15N3S2. The van der Waals surface area contributed by atoms with Crippen LogP contribution in [0.15, 0.2) is 5.51 Å². The van der Waals surface area contributed by atoms with E-state index in [1.807, 2.05) is 12.4 Å². The molecule has 0 saturated carbocycles. The molecule has 1 heterocycles. The number of aryl methyl sites for hydroxylation is 1. The number of thiazole rings is 1. The number of nitrogens with zero attached hydrogens (tertiary/aromatic N) is 2. The highest BCUT2D eigenvalue weighted by molar-refractivity contribution is 7.80. The Kier molecular flexibility index (Phi) is 4.44. The van der Waals surface area contributed by atoms with Crippen molar-refractivity contribution >= 4 is 28.5 Å². The fraction of sp³-hybridized carbons (Fsp3) is 0.556. The standard InChI is InChI=1S/C9H15N3S2/c1-7-8(14-6-11-7)5-12(2)4-3-9(10)13/h6H,3-5H2,1-2H3,(H2,10,13). The van der Waals surface area contributed by atoms with Crippen LogP contribution in [0.1, 0.15) is 17.0 Å². The number of aromatic nitrogens is 1. The summed E-state index contributed by atoms with van der Waals surface area (Å²) in [5.41, 5.74) is 8.44. The van der Waals surface area contributed by atoms with Crippen molar-refractivity contribution in [3.8, 4) is 0 Å². The molecule has 0 spiro atoms. The van der Waals surface area contributed by atoms with Gasteiger partial charge in [-0.2, -0.15) is 0 Å². The van der Waals surface area contributed by atoms with Crippen LogP contribution in [0.4, 0.5) is 0 Å². The molecule has 0 atom stereocenters. The molecular weight excluding hydrogens is 214 g/mol. The summed E-state index contributed by atoms with van der Waals surface area (Å²) in [4.78, 5) is 8.31. The van der Waals surface area contributed by atoms with Gasteiger partial charge >= 0.3 is 0 Å². The third-order valence-electron chi connectivity index (χ3n) is 2.00. The van der Waals surface area contributed by atoms with Gasteiger partial charge in [0.1, 0.15) is 0 Å². The predicted molar refractivity (Wildman–Crippen MR) is 64.6 cm³/mol. The Morgan fingerprint density at radius 2 is 2.43 bits per heavy atom. The zero-order valence-electron chi connectivity index (χ0n) is 8.49. The first-order valence-corrected chi connectivity index (χ1v) is 5.74. The molecule has 0 amide bonds. The first-order valence-electron chi connectivity index (χ1n) is 4.45. The van der Waals surface area contributed by atoms with E-state index in [1.54, 1.807) is 11.3 Å². The molecule has 0 saturated heterocycles. The summed E-state index contributed by atoms with van der Waals surface area (Å²) in [5, 5.41) is 0. The summed E-state index contributed by atoms with van der Waals surface area (Å²) < 4.78 is 0. The molecule has 78 valence electrons. The van der Waals surface area contributed by atoms with E-state index in [0.717, 1.165) is 25.2 Å². The number of nitrogens with two attached hydrogens (primary N) is 1. The minimum absolute atomic E-state index is 0.581. The van der Waals surface area contributed by atoms with Gasteiger partial charge in [0.25, 0.3) is 0 Å². The lowest BCUT2D eigenvalue weighted by Crippen LogP contribution is -2.23. The summed E-state index contributed by atoms with van der Waals surface area (Å²) in [6.07, 6.45) is 0.781. The zero-order chi connectivity index (χ0) is 10.6. The van der Waals surface area contributed by atoms with E-state index in [-0.39, 0.29) is 0 Å². The maximum absolute atomic E-state index is 5.44. The van der Waals surface area contributed by atoms with E-state index in [0.29, 0.717) is 4.99 Å². The molecule has 0 aliphatic carbocycles. The van der Waals surface area contributed by atoms with Crippen LogP contribution in [0.3, 0.4) is 0 Å². The van der Waals surface area contributed by atoms with E-state index in [1.165, 1.54) is 4.88 Å². The maximum atomic E-state index is 5.44. The lowest BCUT2D eigenvalue weighted by molar-refractivity contribution is 0.339. The van der Waals surface area contributed by atoms with Crippen molar-refractivity contribution in [2.45, 2.75) is 19.9 Å². The number of hydrogen-bond donors (Lipinski definition) is 1. The molecule has 1 rings (SSSR count). The molecule has 5 heteroatoms. The van der Waals surface area contributed by atoms with Crippen molar-refractivity contribution in [2.75, 3.05) is 13.6 Å². The highest BCUT2D eigenvalue weighted by Gasteiger charge is 2.05. The quantitative estimate of drug-likeness (QED) is 0.778. The fourth-order valence-corrected chi connectivity index (χ4v) is 2.05. The molecule has 1 aromatic rings. The Morgan fingerprint density at radius 1 is 1.71 bits per heavy atom. The SMILES string of the molecule is Cc1ncsc1CN(C)CCC(N)=S. The van der Waals surface area contributed by atoms with E-state index < -0.39 is 0 Å². The smallest absolute Gasteiger partial charge is 0.0798 e. The minimum Gasteiger partial charge on any atom is -0.393 e. The average Bonchev–Trinajstić information content (AvgIpc) is 2.49. The van der Waals surface area contributed by atoms with Crippen molar-refractivity contribution in [1.82, 2.24) is 9.88 Å². The molecule has 0 fully saturated rings. The largest absolute Gasteiger partial charge is 0.393 e. The van der Waals surface area contributed by atoms with Crippen LogP contribution < -0.4 is 5.73 Å². The van der Waals surface area contributed by atoms with E-state index in [9.17, 15) is 0 Å². The van der Waals surface area contributed by atoms with Gasteiger partial charge in [0.15, 0.2) is 0 Å². The van der Waals surface area contributed by atoms with Gasteiger partial charge in [-0.1, -0.05) is 12.2 Å². The van der Waals surface area contributed by atoms with E-state index >= 15 is 0 Å². The van der Waals surface area contributed by atoms with Crippen molar-refractivity contribution in [3.05, 3.63) is 16.1 Å². The van der Waals surface area contributed by atoms with Crippen LogP contribution in [-0.2, 0) is 6.54 Å². The van der Waals surface area contributed by atoms with E-state index in [2.05, 4.69) is 16.9 Å². The number of rotatable bonds is 5. The van der Waals surface area contributed by atoms with Gasteiger partial charge in [-0.05, 0) is 14.0 Å². The monoisotopic (exact) mass is 229 g/mol. The van der Waals surface area contributed by atoms with Gasteiger partial charge < -0.3 is 10.6 Å². The summed E-state index contributed by atoms with van der Waals surface area (Å²) in [5.74, 6) is 0. The van der Waals surface area contributed by atoms with Gasteiger partial charge in [0.2, 0.25) is 0 Å². The van der Waals surface area contributed by atoms with Crippen LogP contribution in [0, 0.1) is 6.92 Å². The molecule has 0 aliphatic heterocycles. The Hall–Kier alpha value is -0.520. The maximum Gasteiger partial charge on any atom is 0.0798 e. The zero-order valence-corrected chi connectivity index (χ0v) is 10.1. The first-order chi connectivity index (χ1) is 6.59. The molecule has 0 unspecified atom stereocenters. The minimum atomic E-state index is 0.581. The number of thiocarbonyl (C=S) groups is 1. The molecule has 0 bridgehead atoms. The average molecular weight is 229 g/mol. The van der Waals surface area contributed by atoms with Gasteiger partial charge in [0, 0.05) is 24.4 Å². The van der Waals surface area contributed by atoms with Crippen LogP contribution in [0.25, 0.3) is 0 Å². The van der Waals surface area contributed by atoms with Crippen molar-refractivity contribution in [2.24, 2.45) is 5.73 Å². The Morgan fingerprint density at radius 3 is 2.93 bits per heavy atom. The van der Waals surface area contributed by atoms with Gasteiger partial charge in [-0.25, -0.2) is 4.98 Å². The summed E-state index contributed by atoms with van der Waals surface area (Å²) >= 11 is 6.52. The highest BCUT2D eigenvalue weighted by Crippen LogP contribution is 2.13. The molecule has 3 nitrogen and oxygen atoms in total. The second-order valence-corrected chi connectivity index (χ2v) is 4.78. The van der Waals surface area contributed by atoms with Gasteiger partial charge in [0.05, 0.1) is 16.2 Å². The predicted octanol–water partition coefficient (Wildman–Crippen LogP) is 1.56. The second-order valence-electron chi connectivity index (χ2n) is 3.32. The summed E-state index contributed by atoms with van der Waals surface area (Å²) in [6.45, 7) is 3.87. The van der Waals surface area contributed by atoms with Crippen molar-refractivity contribution < 1.29 is 0 Å². The normalized spacial score (nSPS) is 10.8. The highest BCUT2D eigenvalue weighted by atomic mass is 32.1. The summed E-state index contributed by atoms with van der Waals surface area (Å²) in [6, 6.07) is 0. The fourth-order valence-electron chi connectivity index (χ4n) is 1.10. The van der Waals surface area contributed by atoms with Gasteiger partial charge in [-0.3, -0.25) is 0 Å². The molecule has 0 radical (unpaired) electrons.